The van der Waals surface area contributed by atoms with Crippen LogP contribution in [-0.2, 0) is 9.59 Å². The summed E-state index contributed by atoms with van der Waals surface area (Å²) < 4.78 is 0. The van der Waals surface area contributed by atoms with Crippen LogP contribution in [-0.4, -0.2) is 37.1 Å². The molecule has 0 fully saturated rings. The molecule has 0 radical (unpaired) electrons. The fourth-order valence-corrected chi connectivity index (χ4v) is 0.819. The van der Waals surface area contributed by atoms with Gasteiger partial charge in [-0.1, -0.05) is 0 Å². The maximum absolute atomic E-state index is 10.7. The van der Waals surface area contributed by atoms with Gasteiger partial charge in [0.1, 0.15) is 0 Å². The predicted molar refractivity (Wildman–Crippen MR) is 48.4 cm³/mol. The monoisotopic (exact) mass is 188 g/mol. The number of rotatable bonds is 7. The Labute approximate surface area is 77.5 Å². The molecule has 5 nitrogen and oxygen atoms in total. The van der Waals surface area contributed by atoms with Crippen molar-refractivity contribution < 1.29 is 14.7 Å². The van der Waals surface area contributed by atoms with E-state index in [-0.39, 0.29) is 12.3 Å². The van der Waals surface area contributed by atoms with Gasteiger partial charge in [0.15, 0.2) is 0 Å². The molecule has 5 heteroatoms. The summed E-state index contributed by atoms with van der Waals surface area (Å²) in [6.45, 7) is 1.14. The molecule has 0 spiro atoms. The van der Waals surface area contributed by atoms with Crippen LogP contribution in [0.5, 0.6) is 0 Å². The first-order valence-electron chi connectivity index (χ1n) is 4.30. The lowest BCUT2D eigenvalue weighted by Crippen LogP contribution is -2.22. The summed E-state index contributed by atoms with van der Waals surface area (Å²) in [5, 5.41) is 13.7. The summed E-state index contributed by atoms with van der Waals surface area (Å²) >= 11 is 0. The van der Waals surface area contributed by atoms with Gasteiger partial charge in [-0.05, 0) is 13.0 Å². The van der Waals surface area contributed by atoms with E-state index in [1.54, 1.807) is 7.05 Å². The van der Waals surface area contributed by atoms with E-state index in [9.17, 15) is 9.59 Å². The third-order valence-electron chi connectivity index (χ3n) is 1.55. The minimum absolute atomic E-state index is 0.0139. The lowest BCUT2D eigenvalue weighted by atomic mass is 10.3. The van der Waals surface area contributed by atoms with E-state index in [0.29, 0.717) is 19.5 Å². The summed E-state index contributed by atoms with van der Waals surface area (Å²) in [7, 11) is 1.60. The molecule has 0 heterocycles. The normalized spacial score (nSPS) is 9.62. The third-order valence-corrected chi connectivity index (χ3v) is 1.55. The highest BCUT2D eigenvalue weighted by Gasteiger charge is 1.97. The lowest BCUT2D eigenvalue weighted by molar-refractivity contribution is -0.136. The number of carboxylic acid groups (broad SMARTS) is 1. The Bertz CT molecular complexity index is 171. The molecule has 0 aromatic carbocycles. The van der Waals surface area contributed by atoms with E-state index in [1.807, 2.05) is 0 Å². The average Bonchev–Trinajstić information content (AvgIpc) is 2.10. The van der Waals surface area contributed by atoms with E-state index in [4.69, 9.17) is 5.11 Å². The van der Waals surface area contributed by atoms with Crippen LogP contribution in [0.2, 0.25) is 0 Å². The van der Waals surface area contributed by atoms with Gasteiger partial charge in [-0.3, -0.25) is 9.59 Å². The van der Waals surface area contributed by atoms with E-state index >= 15 is 0 Å². The molecule has 0 saturated carbocycles. The third kappa shape index (κ3) is 8.81. The van der Waals surface area contributed by atoms with Crippen molar-refractivity contribution >= 4 is 11.9 Å². The van der Waals surface area contributed by atoms with Gasteiger partial charge in [-0.15, -0.1) is 0 Å². The molecule has 0 aromatic rings. The van der Waals surface area contributed by atoms with Crippen LogP contribution >= 0.6 is 0 Å². The molecule has 76 valence electrons. The molecule has 0 saturated heterocycles. The molecule has 0 aliphatic rings. The lowest BCUT2D eigenvalue weighted by Gasteiger charge is -2.01. The molecule has 0 atom stereocenters. The van der Waals surface area contributed by atoms with Gasteiger partial charge in [0, 0.05) is 20.0 Å². The maximum atomic E-state index is 10.7. The molecule has 3 N–H and O–H groups in total. The number of hydrogen-bond acceptors (Lipinski definition) is 3. The highest BCUT2D eigenvalue weighted by atomic mass is 16.4. The molecule has 0 aliphatic carbocycles. The van der Waals surface area contributed by atoms with Crippen molar-refractivity contribution in [2.24, 2.45) is 0 Å². The summed E-state index contributed by atoms with van der Waals surface area (Å²) in [4.78, 5) is 20.8. The van der Waals surface area contributed by atoms with Gasteiger partial charge in [-0.25, -0.2) is 0 Å². The smallest absolute Gasteiger partial charge is 0.304 e. The molecule has 0 aromatic heterocycles. The van der Waals surface area contributed by atoms with Crippen LogP contribution in [0.4, 0.5) is 0 Å². The van der Waals surface area contributed by atoms with Gasteiger partial charge in [0.2, 0.25) is 5.91 Å². The Morgan fingerprint density at radius 2 is 1.92 bits per heavy atom. The van der Waals surface area contributed by atoms with Crippen molar-refractivity contribution in [2.45, 2.75) is 19.3 Å². The minimum Gasteiger partial charge on any atom is -0.481 e. The Balaban J connectivity index is 3.08. The zero-order valence-electron chi connectivity index (χ0n) is 7.80. The molecule has 0 aliphatic heterocycles. The molecule has 13 heavy (non-hydrogen) atoms. The highest BCUT2D eigenvalue weighted by Crippen LogP contribution is 1.86. The zero-order valence-corrected chi connectivity index (χ0v) is 7.80. The Morgan fingerprint density at radius 3 is 2.46 bits per heavy atom. The van der Waals surface area contributed by atoms with E-state index in [1.165, 1.54) is 0 Å². The summed E-state index contributed by atoms with van der Waals surface area (Å²) in [5.74, 6) is -0.793. The molecular weight excluding hydrogens is 172 g/mol. The first-order valence-corrected chi connectivity index (χ1v) is 4.30. The van der Waals surface area contributed by atoms with Crippen molar-refractivity contribution in [3.8, 4) is 0 Å². The topological polar surface area (TPSA) is 78.4 Å². The van der Waals surface area contributed by atoms with Gasteiger partial charge in [-0.2, -0.15) is 0 Å². The second-order valence-electron chi connectivity index (χ2n) is 2.67. The first kappa shape index (κ1) is 11.9. The van der Waals surface area contributed by atoms with E-state index in [0.717, 1.165) is 6.42 Å². The number of carbonyl (C=O) groups is 2. The van der Waals surface area contributed by atoms with Crippen LogP contribution in [0, 0.1) is 0 Å². The second-order valence-corrected chi connectivity index (χ2v) is 2.67. The molecule has 0 bridgehead atoms. The Morgan fingerprint density at radius 1 is 1.23 bits per heavy atom. The fraction of sp³-hybridized carbons (Fsp3) is 0.750. The van der Waals surface area contributed by atoms with E-state index < -0.39 is 5.97 Å². The van der Waals surface area contributed by atoms with Crippen LogP contribution in [0.25, 0.3) is 0 Å². The maximum Gasteiger partial charge on any atom is 0.304 e. The zero-order chi connectivity index (χ0) is 10.1. The molecular formula is C8H16N2O3. The van der Waals surface area contributed by atoms with Crippen LogP contribution in [0.15, 0.2) is 0 Å². The molecule has 1 amide bonds. The number of carboxylic acids is 1. The number of nitrogens with one attached hydrogen (secondary N) is 2. The van der Waals surface area contributed by atoms with Crippen LogP contribution in [0.3, 0.4) is 0 Å². The summed E-state index contributed by atoms with van der Waals surface area (Å²) in [6, 6.07) is 0. The minimum atomic E-state index is -0.807. The molecule has 0 unspecified atom stereocenters. The number of carbonyl (C=O) groups excluding carboxylic acids is 1. The number of hydrogen-bond donors (Lipinski definition) is 3. The Kier molecular flexibility index (Phi) is 6.91. The van der Waals surface area contributed by atoms with Crippen molar-refractivity contribution in [2.75, 3.05) is 20.1 Å². The standard InChI is InChI=1S/C8H16N2O3/c1-9-7(11)3-2-5-10-6-4-8(12)13/h10H,2-6H2,1H3,(H,9,11)(H,12,13). The first-order chi connectivity index (χ1) is 6.16. The quantitative estimate of drug-likeness (QED) is 0.474. The van der Waals surface area contributed by atoms with Gasteiger partial charge in [0.25, 0.3) is 0 Å². The van der Waals surface area contributed by atoms with Crippen molar-refractivity contribution in [3.05, 3.63) is 0 Å². The largest absolute Gasteiger partial charge is 0.481 e. The Hall–Kier alpha value is -1.10. The predicted octanol–water partition coefficient (Wildman–Crippen LogP) is -0.423. The van der Waals surface area contributed by atoms with Crippen molar-refractivity contribution in [1.82, 2.24) is 10.6 Å². The fourth-order valence-electron chi connectivity index (χ4n) is 0.819. The van der Waals surface area contributed by atoms with Crippen LogP contribution < -0.4 is 10.6 Å². The van der Waals surface area contributed by atoms with Gasteiger partial charge in [0.05, 0.1) is 6.42 Å². The van der Waals surface area contributed by atoms with E-state index in [2.05, 4.69) is 10.6 Å². The summed E-state index contributed by atoms with van der Waals surface area (Å²) in [5.41, 5.74) is 0. The number of amides is 1. The number of aliphatic carboxylic acids is 1. The van der Waals surface area contributed by atoms with Crippen molar-refractivity contribution in [3.63, 3.8) is 0 Å². The average molecular weight is 188 g/mol. The van der Waals surface area contributed by atoms with Gasteiger partial charge >= 0.3 is 5.97 Å². The van der Waals surface area contributed by atoms with Crippen molar-refractivity contribution in [1.29, 1.82) is 0 Å². The summed E-state index contributed by atoms with van der Waals surface area (Å²) in [6.07, 6.45) is 1.34. The second kappa shape index (κ2) is 7.54. The highest BCUT2D eigenvalue weighted by molar-refractivity contribution is 5.75. The molecule has 0 rings (SSSR count). The van der Waals surface area contributed by atoms with Crippen LogP contribution in [0.1, 0.15) is 19.3 Å². The van der Waals surface area contributed by atoms with Gasteiger partial charge < -0.3 is 15.7 Å². The SMILES string of the molecule is CNC(=O)CCCNCCC(=O)O.